The lowest BCUT2D eigenvalue weighted by atomic mass is 10.1. The minimum Gasteiger partial charge on any atom is -0.414 e. The lowest BCUT2D eigenvalue weighted by Gasteiger charge is -2.36. The zero-order chi connectivity index (χ0) is 13.4. The smallest absolute Gasteiger partial charge is 0.192 e. The van der Waals surface area contributed by atoms with Crippen LogP contribution in [0.1, 0.15) is 32.4 Å². The SMILES string of the molecule is CC(C)(C)[Si](C)(C)OCC1OC1c1ccccc1. The Balaban J connectivity index is 1.85. The third-order valence-corrected chi connectivity index (χ3v) is 8.63. The second-order valence-corrected chi connectivity index (χ2v) is 11.4. The molecule has 100 valence electrons. The maximum absolute atomic E-state index is 6.18. The first-order valence-corrected chi connectivity index (χ1v) is 9.56. The molecule has 2 atom stereocenters. The van der Waals surface area contributed by atoms with Gasteiger partial charge in [-0.15, -0.1) is 0 Å². The van der Waals surface area contributed by atoms with E-state index in [1.807, 2.05) is 6.07 Å². The molecule has 2 rings (SSSR count). The van der Waals surface area contributed by atoms with Crippen LogP contribution in [0, 0.1) is 0 Å². The lowest BCUT2D eigenvalue weighted by Crippen LogP contribution is -2.41. The first kappa shape index (κ1) is 13.8. The van der Waals surface area contributed by atoms with E-state index in [9.17, 15) is 0 Å². The standard InChI is InChI=1S/C15H24O2Si/c1-15(2,3)18(4,5)16-11-13-14(17-13)12-9-7-6-8-10-12/h6-10,13-14H,11H2,1-5H3. The van der Waals surface area contributed by atoms with E-state index in [-0.39, 0.29) is 17.2 Å². The number of benzene rings is 1. The van der Waals surface area contributed by atoms with Gasteiger partial charge < -0.3 is 9.16 Å². The van der Waals surface area contributed by atoms with Crippen molar-refractivity contribution in [1.82, 2.24) is 0 Å². The maximum Gasteiger partial charge on any atom is 0.192 e. The highest BCUT2D eigenvalue weighted by Crippen LogP contribution is 2.41. The van der Waals surface area contributed by atoms with E-state index in [1.54, 1.807) is 0 Å². The highest BCUT2D eigenvalue weighted by atomic mass is 28.4. The van der Waals surface area contributed by atoms with Crippen molar-refractivity contribution < 1.29 is 9.16 Å². The molecule has 1 saturated heterocycles. The van der Waals surface area contributed by atoms with Crippen molar-refractivity contribution >= 4 is 8.32 Å². The predicted molar refractivity (Wildman–Crippen MR) is 77.2 cm³/mol. The normalized spacial score (nSPS) is 24.1. The van der Waals surface area contributed by atoms with Gasteiger partial charge in [0.15, 0.2) is 8.32 Å². The zero-order valence-electron chi connectivity index (χ0n) is 12.1. The van der Waals surface area contributed by atoms with Gasteiger partial charge in [-0.05, 0) is 23.7 Å². The van der Waals surface area contributed by atoms with E-state index in [4.69, 9.17) is 9.16 Å². The second-order valence-electron chi connectivity index (χ2n) is 6.58. The number of hydrogen-bond donors (Lipinski definition) is 0. The predicted octanol–water partition coefficient (Wildman–Crippen LogP) is 4.15. The van der Waals surface area contributed by atoms with Crippen molar-refractivity contribution in [3.8, 4) is 0 Å². The molecule has 2 unspecified atom stereocenters. The van der Waals surface area contributed by atoms with Gasteiger partial charge in [0, 0.05) is 0 Å². The minimum atomic E-state index is -1.64. The molecule has 0 aliphatic carbocycles. The van der Waals surface area contributed by atoms with Gasteiger partial charge >= 0.3 is 0 Å². The van der Waals surface area contributed by atoms with Gasteiger partial charge in [0.05, 0.1) is 6.61 Å². The molecule has 0 saturated carbocycles. The van der Waals surface area contributed by atoms with Crippen LogP contribution < -0.4 is 0 Å². The van der Waals surface area contributed by atoms with E-state index in [2.05, 4.69) is 58.1 Å². The van der Waals surface area contributed by atoms with E-state index in [1.165, 1.54) is 5.56 Å². The average Bonchev–Trinajstić information content (AvgIpc) is 3.06. The van der Waals surface area contributed by atoms with Gasteiger partial charge in [0.2, 0.25) is 0 Å². The summed E-state index contributed by atoms with van der Waals surface area (Å²) in [6.45, 7) is 12.1. The first-order chi connectivity index (χ1) is 8.31. The van der Waals surface area contributed by atoms with Gasteiger partial charge in [-0.1, -0.05) is 51.1 Å². The molecule has 1 aliphatic heterocycles. The van der Waals surface area contributed by atoms with Gasteiger partial charge in [-0.25, -0.2) is 0 Å². The van der Waals surface area contributed by atoms with E-state index < -0.39 is 8.32 Å². The van der Waals surface area contributed by atoms with Crippen molar-refractivity contribution in [2.75, 3.05) is 6.61 Å². The summed E-state index contributed by atoms with van der Waals surface area (Å²) in [6.07, 6.45) is 0.498. The van der Waals surface area contributed by atoms with Gasteiger partial charge in [-0.2, -0.15) is 0 Å². The molecule has 0 aromatic heterocycles. The van der Waals surface area contributed by atoms with Crippen LogP contribution in [0.3, 0.4) is 0 Å². The molecule has 0 N–H and O–H groups in total. The Labute approximate surface area is 111 Å². The summed E-state index contributed by atoms with van der Waals surface area (Å²) in [5, 5.41) is 0.268. The molecular formula is C15H24O2Si. The molecule has 1 fully saturated rings. The van der Waals surface area contributed by atoms with Crippen LogP contribution in [0.15, 0.2) is 30.3 Å². The van der Waals surface area contributed by atoms with Crippen molar-refractivity contribution in [2.45, 2.75) is 51.1 Å². The Morgan fingerprint density at radius 3 is 2.33 bits per heavy atom. The average molecular weight is 264 g/mol. The van der Waals surface area contributed by atoms with Crippen LogP contribution in [0.25, 0.3) is 0 Å². The van der Waals surface area contributed by atoms with Gasteiger partial charge in [-0.3, -0.25) is 0 Å². The van der Waals surface area contributed by atoms with Crippen LogP contribution in [0.5, 0.6) is 0 Å². The van der Waals surface area contributed by atoms with Crippen LogP contribution in [-0.4, -0.2) is 21.0 Å². The number of rotatable bonds is 4. The molecule has 1 heterocycles. The Morgan fingerprint density at radius 1 is 1.17 bits per heavy atom. The van der Waals surface area contributed by atoms with Crippen molar-refractivity contribution in [3.63, 3.8) is 0 Å². The highest BCUT2D eigenvalue weighted by molar-refractivity contribution is 6.74. The van der Waals surface area contributed by atoms with Crippen LogP contribution in [-0.2, 0) is 9.16 Å². The van der Waals surface area contributed by atoms with Crippen molar-refractivity contribution in [1.29, 1.82) is 0 Å². The number of ether oxygens (including phenoxy) is 1. The molecule has 0 amide bonds. The first-order valence-electron chi connectivity index (χ1n) is 6.66. The quantitative estimate of drug-likeness (QED) is 0.602. The minimum absolute atomic E-state index is 0.246. The molecule has 0 bridgehead atoms. The maximum atomic E-state index is 6.18. The van der Waals surface area contributed by atoms with E-state index in [0.717, 1.165) is 6.61 Å². The van der Waals surface area contributed by atoms with Crippen molar-refractivity contribution in [3.05, 3.63) is 35.9 Å². The van der Waals surface area contributed by atoms with E-state index >= 15 is 0 Å². The monoisotopic (exact) mass is 264 g/mol. The second kappa shape index (κ2) is 4.80. The molecular weight excluding hydrogens is 240 g/mol. The third-order valence-electron chi connectivity index (χ3n) is 4.13. The molecule has 2 nitrogen and oxygen atoms in total. The summed E-state index contributed by atoms with van der Waals surface area (Å²) in [6, 6.07) is 10.4. The number of epoxide rings is 1. The summed E-state index contributed by atoms with van der Waals surface area (Å²) < 4.78 is 11.9. The zero-order valence-corrected chi connectivity index (χ0v) is 13.1. The fourth-order valence-corrected chi connectivity index (χ4v) is 2.73. The van der Waals surface area contributed by atoms with Gasteiger partial charge in [0.1, 0.15) is 12.2 Å². The summed E-state index contributed by atoms with van der Waals surface area (Å²) in [5.74, 6) is 0. The molecule has 18 heavy (non-hydrogen) atoms. The van der Waals surface area contributed by atoms with Crippen molar-refractivity contribution in [2.24, 2.45) is 0 Å². The Morgan fingerprint density at radius 2 is 1.78 bits per heavy atom. The fourth-order valence-electron chi connectivity index (χ4n) is 1.71. The van der Waals surface area contributed by atoms with Crippen LogP contribution in [0.4, 0.5) is 0 Å². The van der Waals surface area contributed by atoms with Crippen LogP contribution >= 0.6 is 0 Å². The third kappa shape index (κ3) is 3.02. The summed E-state index contributed by atoms with van der Waals surface area (Å²) in [7, 11) is -1.64. The molecule has 3 heteroatoms. The summed E-state index contributed by atoms with van der Waals surface area (Å²) in [4.78, 5) is 0. The summed E-state index contributed by atoms with van der Waals surface area (Å²) >= 11 is 0. The lowest BCUT2D eigenvalue weighted by molar-refractivity contribution is 0.242. The van der Waals surface area contributed by atoms with E-state index in [0.29, 0.717) is 0 Å². The van der Waals surface area contributed by atoms with Gasteiger partial charge in [0.25, 0.3) is 0 Å². The highest BCUT2D eigenvalue weighted by Gasteiger charge is 2.44. The molecule has 1 aliphatic rings. The topological polar surface area (TPSA) is 21.8 Å². The largest absolute Gasteiger partial charge is 0.414 e. The molecule has 0 radical (unpaired) electrons. The molecule has 1 aromatic rings. The summed E-state index contributed by atoms with van der Waals surface area (Å²) in [5.41, 5.74) is 1.27. The fraction of sp³-hybridized carbons (Fsp3) is 0.600. The Bertz CT molecular complexity index is 395. The van der Waals surface area contributed by atoms with Crippen LogP contribution in [0.2, 0.25) is 18.1 Å². The number of hydrogen-bond acceptors (Lipinski definition) is 2. The Hall–Kier alpha value is -0.643. The Kier molecular flexibility index (Phi) is 3.67. The molecule has 0 spiro atoms. The molecule has 1 aromatic carbocycles.